The lowest BCUT2D eigenvalue weighted by atomic mass is 10.2. The van der Waals surface area contributed by atoms with Crippen molar-refractivity contribution in [3.63, 3.8) is 0 Å². The van der Waals surface area contributed by atoms with Crippen LogP contribution in [0.3, 0.4) is 0 Å². The minimum Gasteiger partial charge on any atom is -0.352 e. The molecule has 0 spiro atoms. The van der Waals surface area contributed by atoms with Crippen molar-refractivity contribution in [1.82, 2.24) is 29.7 Å². The molecule has 3 heterocycles. The summed E-state index contributed by atoms with van der Waals surface area (Å²) in [6.45, 7) is 6.71. The predicted octanol–water partition coefficient (Wildman–Crippen LogP) is 1.62. The lowest BCUT2D eigenvalue weighted by molar-refractivity contribution is 0.0951. The number of hydrogen-bond acceptors (Lipinski definition) is 4. The Morgan fingerprint density at radius 1 is 1.32 bits per heavy atom. The Morgan fingerprint density at radius 2 is 2.08 bits per heavy atom. The Kier molecular flexibility index (Phi) is 4.63. The van der Waals surface area contributed by atoms with E-state index in [0.717, 1.165) is 17.8 Å². The summed E-state index contributed by atoms with van der Waals surface area (Å²) in [7, 11) is 0. The van der Waals surface area contributed by atoms with E-state index in [1.165, 1.54) is 16.8 Å². The van der Waals surface area contributed by atoms with E-state index in [-0.39, 0.29) is 11.5 Å². The molecule has 3 aromatic rings. The first-order valence-corrected chi connectivity index (χ1v) is 8.31. The van der Waals surface area contributed by atoms with Gasteiger partial charge in [0.2, 0.25) is 0 Å². The van der Waals surface area contributed by atoms with Gasteiger partial charge in [0.15, 0.2) is 5.65 Å². The SMILES string of the molecule is Cc1nn(CCCNC(=O)c2cnc3cc(=O)[nH]n3c2C)c(C)c1Cl. The topological polar surface area (TPSA) is 97.1 Å². The van der Waals surface area contributed by atoms with Gasteiger partial charge in [0, 0.05) is 25.4 Å². The number of aryl methyl sites for hydroxylation is 3. The van der Waals surface area contributed by atoms with E-state index in [0.29, 0.717) is 35.0 Å². The highest BCUT2D eigenvalue weighted by atomic mass is 35.5. The van der Waals surface area contributed by atoms with E-state index in [9.17, 15) is 9.59 Å². The van der Waals surface area contributed by atoms with Crippen LogP contribution < -0.4 is 10.9 Å². The Morgan fingerprint density at radius 3 is 2.76 bits per heavy atom. The number of rotatable bonds is 5. The molecule has 0 unspecified atom stereocenters. The number of aromatic amines is 1. The van der Waals surface area contributed by atoms with Crippen LogP contribution in [0.15, 0.2) is 17.1 Å². The van der Waals surface area contributed by atoms with Gasteiger partial charge in [-0.1, -0.05) is 11.6 Å². The first kappa shape index (κ1) is 17.2. The van der Waals surface area contributed by atoms with Gasteiger partial charge >= 0.3 is 0 Å². The standard InChI is InChI=1S/C16H19ClN6O2/c1-9-15(17)11(3)22(20-9)6-4-5-18-16(25)12-8-19-13-7-14(24)21-23(13)10(12)2/h7-8H,4-6H2,1-3H3,(H,18,25)(H,21,24). The van der Waals surface area contributed by atoms with Gasteiger partial charge in [0.05, 0.1) is 27.7 Å². The van der Waals surface area contributed by atoms with Crippen molar-refractivity contribution >= 4 is 23.2 Å². The zero-order valence-corrected chi connectivity index (χ0v) is 15.0. The average Bonchev–Trinajstić information content (AvgIpc) is 3.07. The molecule has 0 aliphatic rings. The van der Waals surface area contributed by atoms with E-state index in [1.807, 2.05) is 18.5 Å². The van der Waals surface area contributed by atoms with Crippen molar-refractivity contribution in [2.75, 3.05) is 6.54 Å². The highest BCUT2D eigenvalue weighted by molar-refractivity contribution is 6.31. The van der Waals surface area contributed by atoms with Crippen LogP contribution in [0.25, 0.3) is 5.65 Å². The minimum atomic E-state index is -0.253. The van der Waals surface area contributed by atoms with Crippen molar-refractivity contribution < 1.29 is 4.79 Å². The number of fused-ring (bicyclic) bond motifs is 1. The largest absolute Gasteiger partial charge is 0.352 e. The quantitative estimate of drug-likeness (QED) is 0.674. The molecule has 132 valence electrons. The Bertz CT molecular complexity index is 1000. The van der Waals surface area contributed by atoms with Gasteiger partial charge in [-0.15, -0.1) is 0 Å². The third kappa shape index (κ3) is 3.30. The fourth-order valence-corrected chi connectivity index (χ4v) is 2.85. The highest BCUT2D eigenvalue weighted by Gasteiger charge is 2.13. The van der Waals surface area contributed by atoms with E-state index in [2.05, 4.69) is 20.5 Å². The van der Waals surface area contributed by atoms with E-state index in [1.54, 1.807) is 6.92 Å². The predicted molar refractivity (Wildman–Crippen MR) is 94.2 cm³/mol. The number of aromatic nitrogens is 5. The van der Waals surface area contributed by atoms with Crippen LogP contribution in [0.2, 0.25) is 5.02 Å². The molecular weight excluding hydrogens is 344 g/mol. The third-order valence-electron chi connectivity index (χ3n) is 4.13. The first-order valence-electron chi connectivity index (χ1n) is 7.93. The number of nitrogens with one attached hydrogen (secondary N) is 2. The summed E-state index contributed by atoms with van der Waals surface area (Å²) in [6, 6.07) is 1.38. The molecule has 1 amide bonds. The molecule has 9 heteroatoms. The number of carbonyl (C=O) groups is 1. The van der Waals surface area contributed by atoms with E-state index >= 15 is 0 Å². The monoisotopic (exact) mass is 362 g/mol. The van der Waals surface area contributed by atoms with Crippen molar-refractivity contribution in [3.05, 3.63) is 50.3 Å². The fraction of sp³-hybridized carbons (Fsp3) is 0.375. The third-order valence-corrected chi connectivity index (χ3v) is 4.68. The molecule has 0 atom stereocenters. The van der Waals surface area contributed by atoms with Crippen LogP contribution >= 0.6 is 11.6 Å². The second kappa shape index (κ2) is 6.72. The Labute approximate surface area is 148 Å². The second-order valence-corrected chi connectivity index (χ2v) is 6.27. The number of H-pyrrole nitrogens is 1. The molecule has 0 aromatic carbocycles. The fourth-order valence-electron chi connectivity index (χ4n) is 2.72. The molecule has 0 saturated heterocycles. The molecule has 8 nitrogen and oxygen atoms in total. The lowest BCUT2D eigenvalue weighted by Gasteiger charge is -2.09. The maximum atomic E-state index is 12.4. The molecule has 0 saturated carbocycles. The van der Waals surface area contributed by atoms with E-state index in [4.69, 9.17) is 11.6 Å². The van der Waals surface area contributed by atoms with Gasteiger partial charge < -0.3 is 5.32 Å². The van der Waals surface area contributed by atoms with Crippen molar-refractivity contribution in [1.29, 1.82) is 0 Å². The molecule has 25 heavy (non-hydrogen) atoms. The lowest BCUT2D eigenvalue weighted by Crippen LogP contribution is -2.27. The Hall–Kier alpha value is -2.61. The van der Waals surface area contributed by atoms with Crippen LogP contribution in [0.1, 0.15) is 33.9 Å². The van der Waals surface area contributed by atoms with Crippen LogP contribution in [-0.2, 0) is 6.54 Å². The molecule has 0 fully saturated rings. The summed E-state index contributed by atoms with van der Waals surface area (Å²) in [5.41, 5.74) is 3.02. The zero-order chi connectivity index (χ0) is 18.1. The van der Waals surface area contributed by atoms with Gasteiger partial charge in [-0.05, 0) is 27.2 Å². The molecule has 3 rings (SSSR count). The zero-order valence-electron chi connectivity index (χ0n) is 14.3. The van der Waals surface area contributed by atoms with Gasteiger partial charge in [-0.3, -0.25) is 19.4 Å². The van der Waals surface area contributed by atoms with Crippen LogP contribution in [0, 0.1) is 20.8 Å². The molecule has 0 aliphatic carbocycles. The van der Waals surface area contributed by atoms with Gasteiger partial charge in [0.25, 0.3) is 11.5 Å². The first-order chi connectivity index (χ1) is 11.9. The summed E-state index contributed by atoms with van der Waals surface area (Å²) in [6.07, 6.45) is 2.20. The maximum absolute atomic E-state index is 12.4. The van der Waals surface area contributed by atoms with Crippen LogP contribution in [-0.4, -0.2) is 36.8 Å². The molecule has 0 aliphatic heterocycles. The van der Waals surface area contributed by atoms with Crippen molar-refractivity contribution in [2.24, 2.45) is 0 Å². The number of amides is 1. The normalized spacial score (nSPS) is 11.2. The van der Waals surface area contributed by atoms with E-state index < -0.39 is 0 Å². The number of halogens is 1. The Balaban J connectivity index is 1.62. The summed E-state index contributed by atoms with van der Waals surface area (Å²) in [5.74, 6) is -0.229. The second-order valence-electron chi connectivity index (χ2n) is 5.89. The van der Waals surface area contributed by atoms with Crippen LogP contribution in [0.5, 0.6) is 0 Å². The van der Waals surface area contributed by atoms with Crippen molar-refractivity contribution in [3.8, 4) is 0 Å². The van der Waals surface area contributed by atoms with Crippen molar-refractivity contribution in [2.45, 2.75) is 33.7 Å². The summed E-state index contributed by atoms with van der Waals surface area (Å²) >= 11 is 6.12. The van der Waals surface area contributed by atoms with Gasteiger partial charge in [-0.25, -0.2) is 9.50 Å². The highest BCUT2D eigenvalue weighted by Crippen LogP contribution is 2.18. The summed E-state index contributed by atoms with van der Waals surface area (Å²) in [4.78, 5) is 27.9. The van der Waals surface area contributed by atoms with Gasteiger partial charge in [0.1, 0.15) is 0 Å². The number of hydrogen-bond donors (Lipinski definition) is 2. The summed E-state index contributed by atoms with van der Waals surface area (Å²) in [5, 5.41) is 10.5. The molecule has 0 radical (unpaired) electrons. The average molecular weight is 363 g/mol. The van der Waals surface area contributed by atoms with Crippen LogP contribution in [0.4, 0.5) is 0 Å². The minimum absolute atomic E-state index is 0.229. The molecule has 0 bridgehead atoms. The van der Waals surface area contributed by atoms with Gasteiger partial charge in [-0.2, -0.15) is 5.10 Å². The molecule has 3 aromatic heterocycles. The molecule has 2 N–H and O–H groups in total. The summed E-state index contributed by atoms with van der Waals surface area (Å²) < 4.78 is 3.35. The maximum Gasteiger partial charge on any atom is 0.266 e. The smallest absolute Gasteiger partial charge is 0.266 e. The number of nitrogens with zero attached hydrogens (tertiary/aromatic N) is 4. The molecular formula is C16H19ClN6O2. The number of carbonyl (C=O) groups excluding carboxylic acids is 1.